The van der Waals surface area contributed by atoms with Crippen LogP contribution < -0.4 is 0 Å². The van der Waals surface area contributed by atoms with Gasteiger partial charge in [-0.2, -0.15) is 0 Å². The first-order chi connectivity index (χ1) is 9.31. The highest BCUT2D eigenvalue weighted by Gasteiger charge is 2.02. The molecule has 0 amide bonds. The molecule has 1 N–H and O–H groups in total. The maximum atomic E-state index is 9.58. The minimum atomic E-state index is -0.527. The van der Waals surface area contributed by atoms with Gasteiger partial charge in [-0.15, -0.1) is 0 Å². The van der Waals surface area contributed by atoms with Gasteiger partial charge in [0.05, 0.1) is 0 Å². The monoisotopic (exact) mass is 272 g/mol. The zero-order chi connectivity index (χ0) is 14.2. The second kappa shape index (κ2) is 16.0. The highest BCUT2D eigenvalue weighted by molar-refractivity contribution is 4.49. The lowest BCUT2D eigenvalue weighted by Crippen LogP contribution is -2.12. The fourth-order valence-corrected chi connectivity index (χ4v) is 2.25. The van der Waals surface area contributed by atoms with Crippen LogP contribution in [0.25, 0.3) is 0 Å². The van der Waals surface area contributed by atoms with Crippen molar-refractivity contribution in [1.82, 2.24) is 0 Å². The summed E-state index contributed by atoms with van der Waals surface area (Å²) in [6.45, 7) is 5.10. The lowest BCUT2D eigenvalue weighted by molar-refractivity contribution is -0.104. The molecule has 1 unspecified atom stereocenters. The summed E-state index contributed by atoms with van der Waals surface area (Å²) >= 11 is 0. The third-order valence-corrected chi connectivity index (χ3v) is 3.61. The molecule has 116 valence electrons. The van der Waals surface area contributed by atoms with Crippen molar-refractivity contribution < 1.29 is 9.84 Å². The second-order valence-corrected chi connectivity index (χ2v) is 5.65. The van der Waals surface area contributed by atoms with Gasteiger partial charge >= 0.3 is 0 Å². The van der Waals surface area contributed by atoms with Crippen molar-refractivity contribution >= 4 is 0 Å². The van der Waals surface area contributed by atoms with E-state index in [9.17, 15) is 5.11 Å². The number of aliphatic hydroxyl groups is 1. The number of hydrogen-bond donors (Lipinski definition) is 1. The van der Waals surface area contributed by atoms with E-state index in [0.717, 1.165) is 25.7 Å². The molecule has 0 fully saturated rings. The molecule has 0 heterocycles. The molecular formula is C17H36O2. The maximum absolute atomic E-state index is 9.58. The van der Waals surface area contributed by atoms with Gasteiger partial charge in [0.2, 0.25) is 0 Å². The van der Waals surface area contributed by atoms with Gasteiger partial charge in [0.25, 0.3) is 0 Å². The molecule has 0 aliphatic rings. The van der Waals surface area contributed by atoms with Crippen molar-refractivity contribution in [1.29, 1.82) is 0 Å². The summed E-state index contributed by atoms with van der Waals surface area (Å²) < 4.78 is 5.32. The molecule has 0 radical (unpaired) electrons. The molecule has 0 bridgehead atoms. The first-order valence-electron chi connectivity index (χ1n) is 8.61. The van der Waals surface area contributed by atoms with Gasteiger partial charge in [-0.1, -0.05) is 78.1 Å². The normalized spacial score (nSPS) is 12.8. The Hall–Kier alpha value is -0.0800. The third-order valence-electron chi connectivity index (χ3n) is 3.61. The summed E-state index contributed by atoms with van der Waals surface area (Å²) in [6.07, 6.45) is 15.8. The van der Waals surface area contributed by atoms with Crippen molar-refractivity contribution in [3.8, 4) is 0 Å². The van der Waals surface area contributed by atoms with E-state index in [0.29, 0.717) is 6.61 Å². The lowest BCUT2D eigenvalue weighted by atomic mass is 10.1. The topological polar surface area (TPSA) is 29.5 Å². The molecule has 0 aliphatic carbocycles. The highest BCUT2D eigenvalue weighted by Crippen LogP contribution is 2.12. The van der Waals surface area contributed by atoms with Crippen LogP contribution >= 0.6 is 0 Å². The number of aliphatic hydroxyl groups excluding tert-OH is 1. The zero-order valence-corrected chi connectivity index (χ0v) is 13.3. The Morgan fingerprint density at radius 1 is 0.684 bits per heavy atom. The Balaban J connectivity index is 3.05. The molecule has 2 nitrogen and oxygen atoms in total. The molecule has 0 aromatic carbocycles. The van der Waals surface area contributed by atoms with E-state index < -0.39 is 6.29 Å². The lowest BCUT2D eigenvalue weighted by Gasteiger charge is -2.11. The summed E-state index contributed by atoms with van der Waals surface area (Å²) in [5.41, 5.74) is 0. The summed E-state index contributed by atoms with van der Waals surface area (Å²) in [4.78, 5) is 0. The summed E-state index contributed by atoms with van der Waals surface area (Å²) in [5.74, 6) is 0. The Bertz CT molecular complexity index is 159. The second-order valence-electron chi connectivity index (χ2n) is 5.65. The van der Waals surface area contributed by atoms with Crippen molar-refractivity contribution in [3.05, 3.63) is 0 Å². The third kappa shape index (κ3) is 15.9. The van der Waals surface area contributed by atoms with Gasteiger partial charge in [0.1, 0.15) is 0 Å². The molecule has 0 aliphatic heterocycles. The van der Waals surface area contributed by atoms with Crippen molar-refractivity contribution in [2.24, 2.45) is 0 Å². The van der Waals surface area contributed by atoms with Gasteiger partial charge in [-0.25, -0.2) is 0 Å². The average molecular weight is 272 g/mol. The van der Waals surface area contributed by atoms with Crippen molar-refractivity contribution in [3.63, 3.8) is 0 Å². The van der Waals surface area contributed by atoms with Crippen LogP contribution in [0.5, 0.6) is 0 Å². The van der Waals surface area contributed by atoms with Crippen LogP contribution in [0.4, 0.5) is 0 Å². The Labute approximate surface area is 120 Å². The molecule has 0 saturated heterocycles. The SMILES string of the molecule is CCCCCCCCCCCCC(O)OCCCC. The van der Waals surface area contributed by atoms with E-state index in [2.05, 4.69) is 13.8 Å². The van der Waals surface area contributed by atoms with Crippen LogP contribution in [0.2, 0.25) is 0 Å². The van der Waals surface area contributed by atoms with Crippen LogP contribution in [-0.4, -0.2) is 18.0 Å². The zero-order valence-electron chi connectivity index (χ0n) is 13.3. The highest BCUT2D eigenvalue weighted by atomic mass is 16.6. The fourth-order valence-electron chi connectivity index (χ4n) is 2.25. The van der Waals surface area contributed by atoms with Gasteiger partial charge in [-0.3, -0.25) is 0 Å². The van der Waals surface area contributed by atoms with Crippen LogP contribution in [-0.2, 0) is 4.74 Å². The van der Waals surface area contributed by atoms with Crippen molar-refractivity contribution in [2.75, 3.05) is 6.61 Å². The predicted molar refractivity (Wildman–Crippen MR) is 83.3 cm³/mol. The summed E-state index contributed by atoms with van der Waals surface area (Å²) in [5, 5.41) is 9.58. The molecule has 1 atom stereocenters. The molecule has 0 spiro atoms. The first kappa shape index (κ1) is 18.9. The first-order valence-corrected chi connectivity index (χ1v) is 8.61. The van der Waals surface area contributed by atoms with Crippen LogP contribution in [0.15, 0.2) is 0 Å². The van der Waals surface area contributed by atoms with Crippen LogP contribution in [0.3, 0.4) is 0 Å². The molecular weight excluding hydrogens is 236 g/mol. The predicted octanol–water partition coefficient (Wildman–Crippen LogP) is 5.43. The average Bonchev–Trinajstić information content (AvgIpc) is 2.41. The van der Waals surface area contributed by atoms with Gasteiger partial charge in [-0.05, 0) is 19.3 Å². The minimum absolute atomic E-state index is 0.527. The number of unbranched alkanes of at least 4 members (excludes halogenated alkanes) is 10. The van der Waals surface area contributed by atoms with E-state index in [1.807, 2.05) is 0 Å². The standard InChI is InChI=1S/C17H36O2/c1-3-5-7-8-9-10-11-12-13-14-15-17(18)19-16-6-4-2/h17-18H,3-16H2,1-2H3. The van der Waals surface area contributed by atoms with Crippen LogP contribution in [0.1, 0.15) is 97.3 Å². The Morgan fingerprint density at radius 3 is 1.68 bits per heavy atom. The van der Waals surface area contributed by atoms with E-state index in [1.165, 1.54) is 57.8 Å². The number of rotatable bonds is 15. The molecule has 0 saturated carbocycles. The molecule has 2 heteroatoms. The molecule has 19 heavy (non-hydrogen) atoms. The molecule has 0 aromatic rings. The van der Waals surface area contributed by atoms with E-state index in [1.54, 1.807) is 0 Å². The largest absolute Gasteiger partial charge is 0.368 e. The maximum Gasteiger partial charge on any atom is 0.154 e. The fraction of sp³-hybridized carbons (Fsp3) is 1.00. The van der Waals surface area contributed by atoms with E-state index >= 15 is 0 Å². The molecule has 0 aromatic heterocycles. The smallest absolute Gasteiger partial charge is 0.154 e. The van der Waals surface area contributed by atoms with Crippen LogP contribution in [0, 0.1) is 0 Å². The van der Waals surface area contributed by atoms with Gasteiger partial charge in [0.15, 0.2) is 6.29 Å². The Morgan fingerprint density at radius 2 is 1.16 bits per heavy atom. The Kier molecular flexibility index (Phi) is 15.9. The quantitative estimate of drug-likeness (QED) is 0.318. The van der Waals surface area contributed by atoms with Gasteiger partial charge < -0.3 is 9.84 Å². The summed E-state index contributed by atoms with van der Waals surface area (Å²) in [6, 6.07) is 0. The number of ether oxygens (including phenoxy) is 1. The van der Waals surface area contributed by atoms with Gasteiger partial charge in [0, 0.05) is 6.61 Å². The number of hydrogen-bond acceptors (Lipinski definition) is 2. The van der Waals surface area contributed by atoms with E-state index in [4.69, 9.17) is 4.74 Å². The molecule has 0 rings (SSSR count). The van der Waals surface area contributed by atoms with E-state index in [-0.39, 0.29) is 0 Å². The van der Waals surface area contributed by atoms with Crippen molar-refractivity contribution in [2.45, 2.75) is 104 Å². The minimum Gasteiger partial charge on any atom is -0.368 e. The summed E-state index contributed by atoms with van der Waals surface area (Å²) in [7, 11) is 0.